The van der Waals surface area contributed by atoms with E-state index in [9.17, 15) is 19.2 Å². The van der Waals surface area contributed by atoms with Gasteiger partial charge in [0.1, 0.15) is 26.4 Å². The Bertz CT molecular complexity index is 591. The van der Waals surface area contributed by atoms with Gasteiger partial charge in [0.15, 0.2) is 0 Å². The van der Waals surface area contributed by atoms with Gasteiger partial charge >= 0.3 is 24.1 Å². The highest BCUT2D eigenvalue weighted by Crippen LogP contribution is 1.86. The minimum atomic E-state index is -0.635. The van der Waals surface area contributed by atoms with Crippen molar-refractivity contribution in [2.24, 2.45) is 0 Å². The van der Waals surface area contributed by atoms with Crippen LogP contribution in [-0.4, -0.2) is 116 Å². The van der Waals surface area contributed by atoms with Gasteiger partial charge in [0.05, 0.1) is 65.9 Å². The largest absolute Gasteiger partial charge is 0.461 e. The molecule has 0 aromatic carbocycles. The summed E-state index contributed by atoms with van der Waals surface area (Å²) in [6.45, 7) is 9.54. The van der Waals surface area contributed by atoms with Crippen molar-refractivity contribution in [3.8, 4) is 0 Å². The highest BCUT2D eigenvalue weighted by Gasteiger charge is 2.03. The van der Waals surface area contributed by atoms with E-state index in [0.717, 1.165) is 12.2 Å². The Kier molecular flexibility index (Phi) is 22.7. The fourth-order valence-electron chi connectivity index (χ4n) is 1.98. The molecule has 206 valence electrons. The standard InChI is InChI=1S/C22H36N2O12/c1-3-19(25)33-7-5-23-21(27)35-17-15-31-13-11-29-9-10-30-12-14-32-16-18-36-22(28)24-6-8-34-20(26)4-2/h3-4H,1-2,5-18H2,(H,23,27)(H,24,28). The molecule has 0 spiro atoms. The van der Waals surface area contributed by atoms with Crippen LogP contribution in [0.15, 0.2) is 25.3 Å². The first-order chi connectivity index (χ1) is 17.5. The molecule has 14 heteroatoms. The molecule has 0 aliphatic carbocycles. The van der Waals surface area contributed by atoms with Gasteiger partial charge in [-0.05, 0) is 0 Å². The highest BCUT2D eigenvalue weighted by atomic mass is 16.6. The molecular formula is C22H36N2O12. The van der Waals surface area contributed by atoms with Gasteiger partial charge in [0.25, 0.3) is 0 Å². The van der Waals surface area contributed by atoms with E-state index in [2.05, 4.69) is 23.8 Å². The molecule has 0 saturated heterocycles. The van der Waals surface area contributed by atoms with Crippen molar-refractivity contribution in [1.29, 1.82) is 0 Å². The Balaban J connectivity index is 3.25. The van der Waals surface area contributed by atoms with Crippen molar-refractivity contribution in [2.45, 2.75) is 0 Å². The molecule has 36 heavy (non-hydrogen) atoms. The number of alkyl carbamates (subject to hydrolysis) is 2. The van der Waals surface area contributed by atoms with Crippen molar-refractivity contribution >= 4 is 24.1 Å². The number of carbonyl (C=O) groups is 4. The Labute approximate surface area is 210 Å². The summed E-state index contributed by atoms with van der Waals surface area (Å²) < 4.78 is 40.3. The van der Waals surface area contributed by atoms with Crippen molar-refractivity contribution in [1.82, 2.24) is 10.6 Å². The van der Waals surface area contributed by atoms with Crippen LogP contribution in [0, 0.1) is 0 Å². The summed E-state index contributed by atoms with van der Waals surface area (Å²) in [7, 11) is 0. The summed E-state index contributed by atoms with van der Waals surface area (Å²) in [4.78, 5) is 44.3. The zero-order valence-electron chi connectivity index (χ0n) is 20.4. The smallest absolute Gasteiger partial charge is 0.407 e. The van der Waals surface area contributed by atoms with E-state index in [4.69, 9.17) is 37.9 Å². The number of hydrogen-bond donors (Lipinski definition) is 2. The van der Waals surface area contributed by atoms with Gasteiger partial charge in [-0.15, -0.1) is 0 Å². The number of ether oxygens (including phenoxy) is 8. The van der Waals surface area contributed by atoms with Crippen LogP contribution < -0.4 is 10.6 Å². The van der Waals surface area contributed by atoms with Crippen LogP contribution in [0.3, 0.4) is 0 Å². The SMILES string of the molecule is C=CC(=O)OCCNC(=O)OCCOCCOCCOCCOCCOC(=O)NCCOC(=O)C=C. The molecule has 0 aliphatic heterocycles. The van der Waals surface area contributed by atoms with Crippen LogP contribution in [-0.2, 0) is 47.5 Å². The Morgan fingerprint density at radius 3 is 1.08 bits per heavy atom. The van der Waals surface area contributed by atoms with E-state index < -0.39 is 24.1 Å². The predicted octanol–water partition coefficient (Wildman–Crippen LogP) is -0.0364. The van der Waals surface area contributed by atoms with Gasteiger partial charge in [0, 0.05) is 12.2 Å². The summed E-state index contributed by atoms with van der Waals surface area (Å²) in [5, 5.41) is 4.83. The second-order valence-electron chi connectivity index (χ2n) is 6.32. The highest BCUT2D eigenvalue weighted by molar-refractivity contribution is 5.81. The molecule has 0 fully saturated rings. The van der Waals surface area contributed by atoms with Gasteiger partial charge in [-0.2, -0.15) is 0 Å². The van der Waals surface area contributed by atoms with E-state index in [1.807, 2.05) is 0 Å². The fourth-order valence-corrected chi connectivity index (χ4v) is 1.98. The second kappa shape index (κ2) is 24.9. The van der Waals surface area contributed by atoms with Gasteiger partial charge in [-0.1, -0.05) is 13.2 Å². The summed E-state index contributed by atoms with van der Waals surface area (Å²) in [5.41, 5.74) is 0. The quantitative estimate of drug-likeness (QED) is 0.0800. The predicted molar refractivity (Wildman–Crippen MR) is 124 cm³/mol. The van der Waals surface area contributed by atoms with Crippen LogP contribution in [0.5, 0.6) is 0 Å². The topological polar surface area (TPSA) is 166 Å². The van der Waals surface area contributed by atoms with Gasteiger partial charge in [-0.3, -0.25) is 0 Å². The summed E-state index contributed by atoms with van der Waals surface area (Å²) in [6.07, 6.45) is 0.798. The lowest BCUT2D eigenvalue weighted by Gasteiger charge is -2.09. The summed E-state index contributed by atoms with van der Waals surface area (Å²) >= 11 is 0. The van der Waals surface area contributed by atoms with Crippen molar-refractivity contribution in [3.05, 3.63) is 25.3 Å². The molecule has 0 rings (SSSR count). The fraction of sp³-hybridized carbons (Fsp3) is 0.636. The third kappa shape index (κ3) is 23.9. The first kappa shape index (κ1) is 32.8. The molecule has 14 nitrogen and oxygen atoms in total. The molecule has 2 N–H and O–H groups in total. The first-order valence-electron chi connectivity index (χ1n) is 11.2. The number of rotatable bonds is 23. The summed E-state index contributed by atoms with van der Waals surface area (Å²) in [5.74, 6) is -1.13. The Morgan fingerprint density at radius 2 is 0.778 bits per heavy atom. The Hall–Kier alpha value is -3.20. The van der Waals surface area contributed by atoms with Gasteiger partial charge in [0.2, 0.25) is 0 Å². The van der Waals surface area contributed by atoms with Gasteiger partial charge in [-0.25, -0.2) is 19.2 Å². The maximum absolute atomic E-state index is 11.4. The second-order valence-corrected chi connectivity index (χ2v) is 6.32. The Morgan fingerprint density at radius 1 is 0.472 bits per heavy atom. The minimum Gasteiger partial charge on any atom is -0.461 e. The molecule has 0 bridgehead atoms. The van der Waals surface area contributed by atoms with E-state index in [1.54, 1.807) is 0 Å². The molecule has 0 heterocycles. The number of carbonyl (C=O) groups excluding carboxylic acids is 4. The monoisotopic (exact) mass is 520 g/mol. The molecule has 0 unspecified atom stereocenters. The van der Waals surface area contributed by atoms with Crippen molar-refractivity contribution in [2.75, 3.05) is 92.4 Å². The molecule has 0 saturated carbocycles. The van der Waals surface area contributed by atoms with Crippen LogP contribution >= 0.6 is 0 Å². The maximum Gasteiger partial charge on any atom is 0.407 e. The minimum absolute atomic E-state index is 0.0277. The molecular weight excluding hydrogens is 484 g/mol. The molecule has 0 aliphatic rings. The summed E-state index contributed by atoms with van der Waals surface area (Å²) in [6, 6.07) is 0. The molecule has 0 aromatic heterocycles. The normalized spacial score (nSPS) is 10.1. The number of hydrogen-bond acceptors (Lipinski definition) is 12. The zero-order chi connectivity index (χ0) is 26.7. The maximum atomic E-state index is 11.4. The lowest BCUT2D eigenvalue weighted by atomic mass is 10.6. The van der Waals surface area contributed by atoms with Crippen molar-refractivity contribution in [3.63, 3.8) is 0 Å². The number of esters is 2. The van der Waals surface area contributed by atoms with Crippen LogP contribution in [0.25, 0.3) is 0 Å². The lowest BCUT2D eigenvalue weighted by molar-refractivity contribution is -0.138. The molecule has 0 radical (unpaired) electrons. The third-order valence-electron chi connectivity index (χ3n) is 3.60. The van der Waals surface area contributed by atoms with Crippen LogP contribution in [0.1, 0.15) is 0 Å². The first-order valence-corrected chi connectivity index (χ1v) is 11.2. The van der Waals surface area contributed by atoms with E-state index >= 15 is 0 Å². The van der Waals surface area contributed by atoms with E-state index in [-0.39, 0.29) is 52.7 Å². The van der Waals surface area contributed by atoms with Crippen molar-refractivity contribution < 1.29 is 57.1 Å². The molecule has 0 aromatic rings. The van der Waals surface area contributed by atoms with Gasteiger partial charge < -0.3 is 48.5 Å². The number of nitrogens with one attached hydrogen (secondary N) is 2. The number of amides is 2. The zero-order valence-corrected chi connectivity index (χ0v) is 20.4. The van der Waals surface area contributed by atoms with Crippen LogP contribution in [0.2, 0.25) is 0 Å². The third-order valence-corrected chi connectivity index (χ3v) is 3.60. The average molecular weight is 521 g/mol. The van der Waals surface area contributed by atoms with E-state index in [0.29, 0.717) is 39.6 Å². The van der Waals surface area contributed by atoms with Crippen LogP contribution in [0.4, 0.5) is 9.59 Å². The van der Waals surface area contributed by atoms with E-state index in [1.165, 1.54) is 0 Å². The molecule has 2 amide bonds. The lowest BCUT2D eigenvalue weighted by Crippen LogP contribution is -2.29. The molecule has 0 atom stereocenters. The average Bonchev–Trinajstić information content (AvgIpc) is 2.88.